The fourth-order valence-corrected chi connectivity index (χ4v) is 2.98. The number of benzene rings is 2. The van der Waals surface area contributed by atoms with E-state index in [0.717, 1.165) is 11.3 Å². The number of nitrogens with zero attached hydrogens (tertiary/aromatic N) is 4. The van der Waals surface area contributed by atoms with E-state index in [4.69, 9.17) is 16.0 Å². The summed E-state index contributed by atoms with van der Waals surface area (Å²) in [5.41, 5.74) is 1.88. The maximum absolute atomic E-state index is 12.6. The van der Waals surface area contributed by atoms with Gasteiger partial charge in [0.15, 0.2) is 0 Å². The molecule has 7 heteroatoms. The Kier molecular flexibility index (Phi) is 5.35. The molecule has 2 heterocycles. The summed E-state index contributed by atoms with van der Waals surface area (Å²) in [6.07, 6.45) is 4.08. The Hall–Kier alpha value is -3.51. The van der Waals surface area contributed by atoms with Crippen molar-refractivity contribution in [1.29, 1.82) is 0 Å². The molecular formula is C22H17ClN4O2. The highest BCUT2D eigenvalue weighted by atomic mass is 35.5. The number of hydrogen-bond donors (Lipinski definition) is 0. The third-order valence-electron chi connectivity index (χ3n) is 4.42. The largest absolute Gasteiger partial charge is 0.469 e. The molecule has 0 fully saturated rings. The number of furan rings is 1. The fraction of sp³-hybridized carbons (Fsp3) is 0.0909. The summed E-state index contributed by atoms with van der Waals surface area (Å²) in [6, 6.07) is 18.2. The number of fused-ring (bicyclic) bond motifs is 1. The van der Waals surface area contributed by atoms with Gasteiger partial charge in [0.1, 0.15) is 5.76 Å². The molecule has 0 atom stereocenters. The Morgan fingerprint density at radius 1 is 1.14 bits per heavy atom. The minimum Gasteiger partial charge on any atom is -0.469 e. The summed E-state index contributed by atoms with van der Waals surface area (Å²) in [5, 5.41) is 9.82. The van der Waals surface area contributed by atoms with Gasteiger partial charge in [0.05, 0.1) is 22.9 Å². The molecule has 144 valence electrons. The molecule has 4 rings (SSSR count). The van der Waals surface area contributed by atoms with Gasteiger partial charge in [0.2, 0.25) is 0 Å². The first-order chi connectivity index (χ1) is 14.1. The molecule has 0 radical (unpaired) electrons. The number of allylic oxidation sites excluding steroid dienone is 1. The van der Waals surface area contributed by atoms with E-state index >= 15 is 0 Å². The first-order valence-electron chi connectivity index (χ1n) is 8.98. The lowest BCUT2D eigenvalue weighted by Crippen LogP contribution is -2.17. The summed E-state index contributed by atoms with van der Waals surface area (Å²) in [5.74, 6) is 1.04. The van der Waals surface area contributed by atoms with Crippen molar-refractivity contribution in [3.63, 3.8) is 0 Å². The van der Waals surface area contributed by atoms with Crippen molar-refractivity contribution in [3.05, 3.63) is 99.7 Å². The van der Waals surface area contributed by atoms with Crippen LogP contribution in [-0.2, 0) is 13.5 Å². The standard InChI is InChI=1S/C22H17ClN4O2/c1-27-21(28)18-6-2-3-7-20(18)24-22(27)26-25-19(13-12-17-5-4-14-29-17)15-8-10-16(23)11-9-15/h2-11,13-14H,12H2,1H3/b19-13-,26-25?. The Bertz CT molecular complexity index is 1260. The molecule has 0 N–H and O–H groups in total. The highest BCUT2D eigenvalue weighted by Gasteiger charge is 2.08. The van der Waals surface area contributed by atoms with Crippen LogP contribution >= 0.6 is 11.6 Å². The number of hydrogen-bond acceptors (Lipinski definition) is 5. The maximum atomic E-state index is 12.6. The number of aromatic nitrogens is 2. The zero-order valence-electron chi connectivity index (χ0n) is 15.6. The molecule has 0 unspecified atom stereocenters. The molecule has 0 spiro atoms. The Morgan fingerprint density at radius 2 is 1.93 bits per heavy atom. The second kappa shape index (κ2) is 8.24. The average Bonchev–Trinajstić information content (AvgIpc) is 3.26. The molecule has 0 aliphatic carbocycles. The molecule has 0 bridgehead atoms. The van der Waals surface area contributed by atoms with Crippen molar-refractivity contribution in [2.24, 2.45) is 17.3 Å². The lowest BCUT2D eigenvalue weighted by Gasteiger charge is -2.05. The summed E-state index contributed by atoms with van der Waals surface area (Å²) in [7, 11) is 1.63. The third kappa shape index (κ3) is 4.17. The summed E-state index contributed by atoms with van der Waals surface area (Å²) in [4.78, 5) is 17.0. The van der Waals surface area contributed by atoms with Gasteiger partial charge in [-0.25, -0.2) is 4.98 Å². The topological polar surface area (TPSA) is 72.8 Å². The molecule has 4 aromatic rings. The quantitative estimate of drug-likeness (QED) is 0.409. The summed E-state index contributed by atoms with van der Waals surface area (Å²) < 4.78 is 6.78. The molecule has 0 saturated heterocycles. The molecule has 0 saturated carbocycles. The van der Waals surface area contributed by atoms with Gasteiger partial charge in [-0.15, -0.1) is 10.2 Å². The highest BCUT2D eigenvalue weighted by Crippen LogP contribution is 2.22. The van der Waals surface area contributed by atoms with E-state index in [0.29, 0.717) is 28.0 Å². The summed E-state index contributed by atoms with van der Waals surface area (Å²) >= 11 is 6.00. The van der Waals surface area contributed by atoms with E-state index in [1.807, 2.05) is 42.5 Å². The van der Waals surface area contributed by atoms with Gasteiger partial charge >= 0.3 is 0 Å². The van der Waals surface area contributed by atoms with Crippen LogP contribution in [0, 0.1) is 0 Å². The van der Waals surface area contributed by atoms with Crippen LogP contribution in [0.25, 0.3) is 16.6 Å². The first kappa shape index (κ1) is 18.8. The van der Waals surface area contributed by atoms with Crippen LogP contribution in [0.3, 0.4) is 0 Å². The molecule has 0 amide bonds. The van der Waals surface area contributed by atoms with Gasteiger partial charge in [-0.05, 0) is 42.5 Å². The first-order valence-corrected chi connectivity index (χ1v) is 9.35. The van der Waals surface area contributed by atoms with Crippen LogP contribution in [0.2, 0.25) is 5.02 Å². The summed E-state index contributed by atoms with van der Waals surface area (Å²) in [6.45, 7) is 0. The van der Waals surface area contributed by atoms with Gasteiger partial charge in [0, 0.05) is 24.1 Å². The molecule has 0 aliphatic heterocycles. The van der Waals surface area contributed by atoms with Crippen molar-refractivity contribution in [2.75, 3.05) is 0 Å². The van der Waals surface area contributed by atoms with Gasteiger partial charge in [0.25, 0.3) is 11.5 Å². The van der Waals surface area contributed by atoms with Crippen molar-refractivity contribution in [1.82, 2.24) is 9.55 Å². The monoisotopic (exact) mass is 404 g/mol. The van der Waals surface area contributed by atoms with Crippen LogP contribution in [0.1, 0.15) is 11.3 Å². The van der Waals surface area contributed by atoms with Crippen LogP contribution < -0.4 is 5.56 Å². The second-order valence-corrected chi connectivity index (χ2v) is 6.81. The molecule has 6 nitrogen and oxygen atoms in total. The average molecular weight is 405 g/mol. The van der Waals surface area contributed by atoms with E-state index in [-0.39, 0.29) is 11.5 Å². The predicted octanol–water partition coefficient (Wildman–Crippen LogP) is 5.55. The van der Waals surface area contributed by atoms with Gasteiger partial charge in [-0.1, -0.05) is 35.9 Å². The maximum Gasteiger partial charge on any atom is 0.262 e. The predicted molar refractivity (Wildman–Crippen MR) is 113 cm³/mol. The Labute approximate surface area is 171 Å². The lowest BCUT2D eigenvalue weighted by molar-refractivity contribution is 0.523. The van der Waals surface area contributed by atoms with Gasteiger partial charge in [-0.3, -0.25) is 9.36 Å². The number of rotatable bonds is 5. The van der Waals surface area contributed by atoms with Crippen molar-refractivity contribution < 1.29 is 4.42 Å². The van der Waals surface area contributed by atoms with Crippen molar-refractivity contribution in [2.45, 2.75) is 6.42 Å². The van der Waals surface area contributed by atoms with E-state index in [2.05, 4.69) is 15.2 Å². The minimum atomic E-state index is -0.169. The lowest BCUT2D eigenvalue weighted by atomic mass is 10.1. The molecular weight excluding hydrogens is 388 g/mol. The smallest absolute Gasteiger partial charge is 0.262 e. The van der Waals surface area contributed by atoms with Crippen LogP contribution in [0.5, 0.6) is 0 Å². The third-order valence-corrected chi connectivity index (χ3v) is 4.68. The molecule has 2 aromatic carbocycles. The van der Waals surface area contributed by atoms with E-state index in [1.54, 1.807) is 37.6 Å². The van der Waals surface area contributed by atoms with Crippen LogP contribution in [0.15, 0.2) is 92.4 Å². The number of azo groups is 1. The molecule has 2 aromatic heterocycles. The SMILES string of the molecule is Cn1c(N=N/C(=C\Cc2ccco2)c2ccc(Cl)cc2)nc2ccccc2c1=O. The highest BCUT2D eigenvalue weighted by molar-refractivity contribution is 6.30. The van der Waals surface area contributed by atoms with Crippen LogP contribution in [0.4, 0.5) is 5.95 Å². The zero-order valence-corrected chi connectivity index (χ0v) is 16.4. The molecule has 29 heavy (non-hydrogen) atoms. The van der Waals surface area contributed by atoms with E-state index < -0.39 is 0 Å². The second-order valence-electron chi connectivity index (χ2n) is 6.37. The number of para-hydroxylation sites is 1. The normalized spacial score (nSPS) is 12.1. The van der Waals surface area contributed by atoms with Gasteiger partial charge < -0.3 is 4.42 Å². The number of halogens is 1. The van der Waals surface area contributed by atoms with Crippen molar-refractivity contribution in [3.8, 4) is 0 Å². The van der Waals surface area contributed by atoms with Gasteiger partial charge in [-0.2, -0.15) is 0 Å². The van der Waals surface area contributed by atoms with E-state index in [9.17, 15) is 4.79 Å². The molecule has 0 aliphatic rings. The zero-order chi connectivity index (χ0) is 20.2. The van der Waals surface area contributed by atoms with Crippen LogP contribution in [-0.4, -0.2) is 9.55 Å². The Balaban J connectivity index is 1.74. The van der Waals surface area contributed by atoms with E-state index in [1.165, 1.54) is 4.57 Å². The Morgan fingerprint density at radius 3 is 2.69 bits per heavy atom. The fourth-order valence-electron chi connectivity index (χ4n) is 2.86. The minimum absolute atomic E-state index is 0.169. The van der Waals surface area contributed by atoms with Crippen molar-refractivity contribution >= 4 is 34.1 Å².